The van der Waals surface area contributed by atoms with Crippen LogP contribution in [0.15, 0.2) is 47.2 Å². The van der Waals surface area contributed by atoms with Crippen LogP contribution in [0.3, 0.4) is 0 Å². The second-order valence-electron chi connectivity index (χ2n) is 6.52. The van der Waals surface area contributed by atoms with E-state index in [0.29, 0.717) is 10.7 Å². The molecule has 7 nitrogen and oxygen atoms in total. The highest BCUT2D eigenvalue weighted by atomic mass is 32.1. The molecule has 1 unspecified atom stereocenters. The SMILES string of the molecule is CC1(c2ccc(F)cc2)NC(=O)N(CC(=O)Nc2nc(-c3cccs3)cs2)C1=O. The fourth-order valence-electron chi connectivity index (χ4n) is 2.99. The predicted octanol–water partition coefficient (Wildman–Crippen LogP) is 3.42. The molecule has 1 fully saturated rings. The molecule has 2 N–H and O–H groups in total. The van der Waals surface area contributed by atoms with E-state index < -0.39 is 35.7 Å². The molecule has 0 bridgehead atoms. The lowest BCUT2D eigenvalue weighted by molar-refractivity contribution is -0.133. The largest absolute Gasteiger partial charge is 0.325 e. The molecule has 3 heterocycles. The fraction of sp³-hybridized carbons (Fsp3) is 0.158. The van der Waals surface area contributed by atoms with Crippen LogP contribution in [0.2, 0.25) is 0 Å². The molecular weight excluding hydrogens is 415 g/mol. The van der Waals surface area contributed by atoms with Gasteiger partial charge in [-0.2, -0.15) is 0 Å². The Morgan fingerprint density at radius 3 is 2.69 bits per heavy atom. The molecule has 1 aliphatic heterocycles. The first-order chi connectivity index (χ1) is 13.9. The zero-order valence-corrected chi connectivity index (χ0v) is 16.8. The van der Waals surface area contributed by atoms with E-state index in [2.05, 4.69) is 15.6 Å². The lowest BCUT2D eigenvalue weighted by Gasteiger charge is -2.22. The summed E-state index contributed by atoms with van der Waals surface area (Å²) in [6.45, 7) is 1.07. The van der Waals surface area contributed by atoms with Gasteiger partial charge in [0.1, 0.15) is 17.9 Å². The van der Waals surface area contributed by atoms with Gasteiger partial charge in [0.25, 0.3) is 5.91 Å². The molecule has 0 saturated carbocycles. The molecule has 1 aliphatic rings. The summed E-state index contributed by atoms with van der Waals surface area (Å²) in [5.41, 5.74) is -0.182. The number of anilines is 1. The summed E-state index contributed by atoms with van der Waals surface area (Å²) in [5, 5.41) is 9.33. The standard InChI is InChI=1S/C19H15FN4O3S2/c1-19(11-4-6-12(20)7-5-11)16(26)24(18(27)23-19)9-15(25)22-17-21-13(10-29-17)14-3-2-8-28-14/h2-8,10H,9H2,1H3,(H,23,27)(H,21,22,25). The molecule has 4 rings (SSSR count). The summed E-state index contributed by atoms with van der Waals surface area (Å²) >= 11 is 2.79. The first kappa shape index (κ1) is 19.2. The van der Waals surface area contributed by atoms with Crippen molar-refractivity contribution in [1.29, 1.82) is 0 Å². The topological polar surface area (TPSA) is 91.4 Å². The van der Waals surface area contributed by atoms with Gasteiger partial charge >= 0.3 is 6.03 Å². The van der Waals surface area contributed by atoms with E-state index in [0.717, 1.165) is 15.5 Å². The number of hydrogen-bond donors (Lipinski definition) is 2. The highest BCUT2D eigenvalue weighted by molar-refractivity contribution is 7.16. The van der Waals surface area contributed by atoms with Crippen molar-refractivity contribution in [1.82, 2.24) is 15.2 Å². The number of imide groups is 1. The van der Waals surface area contributed by atoms with Gasteiger partial charge in [-0.25, -0.2) is 14.2 Å². The van der Waals surface area contributed by atoms with Crippen molar-refractivity contribution >= 4 is 45.7 Å². The van der Waals surface area contributed by atoms with Gasteiger partial charge in [0, 0.05) is 5.38 Å². The van der Waals surface area contributed by atoms with Crippen LogP contribution in [-0.2, 0) is 15.1 Å². The zero-order valence-electron chi connectivity index (χ0n) is 15.1. The van der Waals surface area contributed by atoms with Gasteiger partial charge < -0.3 is 10.6 Å². The van der Waals surface area contributed by atoms with Crippen molar-refractivity contribution < 1.29 is 18.8 Å². The zero-order chi connectivity index (χ0) is 20.6. The molecular formula is C19H15FN4O3S2. The second-order valence-corrected chi connectivity index (χ2v) is 8.32. The van der Waals surface area contributed by atoms with Crippen LogP contribution < -0.4 is 10.6 Å². The normalized spacial score (nSPS) is 18.8. The highest BCUT2D eigenvalue weighted by Gasteiger charge is 2.49. The molecule has 4 amide bonds. The smallest absolute Gasteiger partial charge is 0.319 e. The second kappa shape index (κ2) is 7.37. The van der Waals surface area contributed by atoms with Crippen molar-refractivity contribution in [3.8, 4) is 10.6 Å². The van der Waals surface area contributed by atoms with E-state index in [1.54, 1.807) is 0 Å². The molecule has 1 atom stereocenters. The lowest BCUT2D eigenvalue weighted by atomic mass is 9.92. The Labute approximate surface area is 173 Å². The van der Waals surface area contributed by atoms with Crippen molar-refractivity contribution in [3.05, 3.63) is 58.5 Å². The first-order valence-corrected chi connectivity index (χ1v) is 10.3. The number of rotatable bonds is 5. The molecule has 0 aliphatic carbocycles. The van der Waals surface area contributed by atoms with Crippen molar-refractivity contribution in [2.75, 3.05) is 11.9 Å². The average Bonchev–Trinajstić information content (AvgIpc) is 3.40. The Bertz CT molecular complexity index is 1080. The average molecular weight is 430 g/mol. The molecule has 1 aromatic carbocycles. The van der Waals surface area contributed by atoms with Crippen LogP contribution in [0, 0.1) is 5.82 Å². The summed E-state index contributed by atoms with van der Waals surface area (Å²) in [6, 6.07) is 8.43. The quantitative estimate of drug-likeness (QED) is 0.607. The number of carbonyl (C=O) groups is 3. The van der Waals surface area contributed by atoms with E-state index in [1.165, 1.54) is 53.9 Å². The first-order valence-electron chi connectivity index (χ1n) is 8.56. The minimum absolute atomic E-state index is 0.381. The van der Waals surface area contributed by atoms with Gasteiger partial charge in [-0.15, -0.1) is 22.7 Å². The number of urea groups is 1. The minimum Gasteiger partial charge on any atom is -0.319 e. The van der Waals surface area contributed by atoms with Crippen LogP contribution in [0.5, 0.6) is 0 Å². The van der Waals surface area contributed by atoms with Crippen LogP contribution >= 0.6 is 22.7 Å². The molecule has 2 aromatic heterocycles. The monoisotopic (exact) mass is 430 g/mol. The number of thiazole rings is 1. The molecule has 29 heavy (non-hydrogen) atoms. The minimum atomic E-state index is -1.36. The number of benzene rings is 1. The summed E-state index contributed by atoms with van der Waals surface area (Å²) in [6.07, 6.45) is 0. The predicted molar refractivity (Wildman–Crippen MR) is 108 cm³/mol. The fourth-order valence-corrected chi connectivity index (χ4v) is 4.48. The maximum atomic E-state index is 13.2. The number of hydrogen-bond acceptors (Lipinski definition) is 6. The lowest BCUT2D eigenvalue weighted by Crippen LogP contribution is -2.42. The van der Waals surface area contributed by atoms with E-state index >= 15 is 0 Å². The Morgan fingerprint density at radius 2 is 2.00 bits per heavy atom. The highest BCUT2D eigenvalue weighted by Crippen LogP contribution is 2.30. The number of nitrogens with one attached hydrogen (secondary N) is 2. The Morgan fingerprint density at radius 1 is 1.24 bits per heavy atom. The van der Waals surface area contributed by atoms with Crippen molar-refractivity contribution in [2.24, 2.45) is 0 Å². The summed E-state index contributed by atoms with van der Waals surface area (Å²) in [4.78, 5) is 43.7. The third-order valence-electron chi connectivity index (χ3n) is 4.52. The van der Waals surface area contributed by atoms with Crippen molar-refractivity contribution in [3.63, 3.8) is 0 Å². The van der Waals surface area contributed by atoms with Crippen molar-refractivity contribution in [2.45, 2.75) is 12.5 Å². The maximum absolute atomic E-state index is 13.2. The van der Waals surface area contributed by atoms with Crippen LogP contribution in [0.1, 0.15) is 12.5 Å². The molecule has 148 valence electrons. The maximum Gasteiger partial charge on any atom is 0.325 e. The summed E-state index contributed by atoms with van der Waals surface area (Å²) in [7, 11) is 0. The Hall–Kier alpha value is -3.11. The van der Waals surface area contributed by atoms with E-state index in [-0.39, 0.29) is 0 Å². The summed E-state index contributed by atoms with van der Waals surface area (Å²) in [5.74, 6) is -1.57. The Kier molecular flexibility index (Phi) is 4.89. The van der Waals surface area contributed by atoms with Crippen LogP contribution in [0.25, 0.3) is 10.6 Å². The van der Waals surface area contributed by atoms with E-state index in [4.69, 9.17) is 0 Å². The van der Waals surface area contributed by atoms with Gasteiger partial charge in [0.15, 0.2) is 5.13 Å². The van der Waals surface area contributed by atoms with Gasteiger partial charge in [-0.05, 0) is 36.1 Å². The third-order valence-corrected chi connectivity index (χ3v) is 6.17. The Balaban J connectivity index is 1.45. The number of halogens is 1. The van der Waals surface area contributed by atoms with E-state index in [1.807, 2.05) is 22.9 Å². The number of carbonyl (C=O) groups excluding carboxylic acids is 3. The molecule has 0 spiro atoms. The van der Waals surface area contributed by atoms with Crippen LogP contribution in [0.4, 0.5) is 14.3 Å². The summed E-state index contributed by atoms with van der Waals surface area (Å²) < 4.78 is 13.2. The van der Waals surface area contributed by atoms with Gasteiger partial charge in [0.2, 0.25) is 5.91 Å². The van der Waals surface area contributed by atoms with Gasteiger partial charge in [-0.3, -0.25) is 14.5 Å². The van der Waals surface area contributed by atoms with Crippen LogP contribution in [-0.4, -0.2) is 34.3 Å². The third kappa shape index (κ3) is 3.64. The molecule has 1 saturated heterocycles. The molecule has 10 heteroatoms. The number of aromatic nitrogens is 1. The van der Waals surface area contributed by atoms with Gasteiger partial charge in [-0.1, -0.05) is 18.2 Å². The molecule has 0 radical (unpaired) electrons. The number of nitrogens with zero attached hydrogens (tertiary/aromatic N) is 2. The number of thiophene rings is 1. The molecule has 3 aromatic rings. The van der Waals surface area contributed by atoms with Gasteiger partial charge in [0.05, 0.1) is 10.6 Å². The number of amides is 4. The van der Waals surface area contributed by atoms with E-state index in [9.17, 15) is 18.8 Å².